The van der Waals surface area contributed by atoms with Crippen LogP contribution in [0.15, 0.2) is 29.1 Å². The molecule has 2 N–H and O–H groups in total. The lowest BCUT2D eigenvalue weighted by Crippen LogP contribution is -2.09. The van der Waals surface area contributed by atoms with Crippen molar-refractivity contribution in [3.63, 3.8) is 0 Å². The van der Waals surface area contributed by atoms with Gasteiger partial charge in [0.15, 0.2) is 0 Å². The average Bonchev–Trinajstić information content (AvgIpc) is 2.85. The zero-order valence-electron chi connectivity index (χ0n) is 10.2. The van der Waals surface area contributed by atoms with Gasteiger partial charge in [0.2, 0.25) is 0 Å². The van der Waals surface area contributed by atoms with Gasteiger partial charge in [0.25, 0.3) is 0 Å². The Kier molecular flexibility index (Phi) is 3.62. The Balaban J connectivity index is 2.23. The van der Waals surface area contributed by atoms with Crippen LogP contribution >= 0.6 is 11.3 Å². The lowest BCUT2D eigenvalue weighted by Gasteiger charge is -2.15. The Bertz CT molecular complexity index is 552. The van der Waals surface area contributed by atoms with Gasteiger partial charge in [-0.3, -0.25) is 0 Å². The molecule has 0 saturated carbocycles. The Hall–Kier alpha value is -1.88. The van der Waals surface area contributed by atoms with E-state index in [2.05, 4.69) is 10.3 Å². The molecule has 0 aliphatic heterocycles. The van der Waals surface area contributed by atoms with Crippen LogP contribution in [0.3, 0.4) is 0 Å². The first-order chi connectivity index (χ1) is 8.58. The van der Waals surface area contributed by atoms with E-state index in [1.807, 2.05) is 19.2 Å². The third-order valence-electron chi connectivity index (χ3n) is 2.75. The number of rotatable bonds is 4. The SMILES string of the molecule is Cc1ccc(C(=O)O)cc1NC(C)c1cscn1. The maximum Gasteiger partial charge on any atom is 0.335 e. The molecular formula is C13H14N2O2S. The van der Waals surface area contributed by atoms with Crippen LogP contribution in [-0.2, 0) is 0 Å². The maximum atomic E-state index is 10.9. The molecule has 1 unspecified atom stereocenters. The first-order valence-corrected chi connectivity index (χ1v) is 6.51. The zero-order valence-corrected chi connectivity index (χ0v) is 11.0. The molecule has 94 valence electrons. The molecule has 1 aromatic heterocycles. The van der Waals surface area contributed by atoms with Gasteiger partial charge in [-0.25, -0.2) is 9.78 Å². The van der Waals surface area contributed by atoms with E-state index in [0.29, 0.717) is 0 Å². The summed E-state index contributed by atoms with van der Waals surface area (Å²) in [5.74, 6) is -0.917. The van der Waals surface area contributed by atoms with Gasteiger partial charge in [-0.15, -0.1) is 11.3 Å². The number of benzene rings is 1. The van der Waals surface area contributed by atoms with Crippen molar-refractivity contribution in [2.24, 2.45) is 0 Å². The number of aromatic carboxylic acids is 1. The second kappa shape index (κ2) is 5.18. The van der Waals surface area contributed by atoms with Crippen LogP contribution in [0.5, 0.6) is 0 Å². The van der Waals surface area contributed by atoms with Crippen molar-refractivity contribution in [1.82, 2.24) is 4.98 Å². The van der Waals surface area contributed by atoms with Crippen LogP contribution in [0.4, 0.5) is 5.69 Å². The highest BCUT2D eigenvalue weighted by molar-refractivity contribution is 7.07. The number of aromatic nitrogens is 1. The second-order valence-electron chi connectivity index (χ2n) is 4.11. The highest BCUT2D eigenvalue weighted by atomic mass is 32.1. The molecule has 2 aromatic rings. The normalized spacial score (nSPS) is 12.1. The van der Waals surface area contributed by atoms with E-state index >= 15 is 0 Å². The molecule has 0 saturated heterocycles. The van der Waals surface area contributed by atoms with Gasteiger partial charge in [-0.2, -0.15) is 0 Å². The molecule has 0 spiro atoms. The number of carboxylic acid groups (broad SMARTS) is 1. The summed E-state index contributed by atoms with van der Waals surface area (Å²) in [6.45, 7) is 3.95. The van der Waals surface area contributed by atoms with Crippen molar-refractivity contribution in [2.75, 3.05) is 5.32 Å². The van der Waals surface area contributed by atoms with E-state index < -0.39 is 5.97 Å². The molecule has 1 aromatic carbocycles. The van der Waals surface area contributed by atoms with E-state index in [9.17, 15) is 4.79 Å². The number of carboxylic acids is 1. The lowest BCUT2D eigenvalue weighted by molar-refractivity contribution is 0.0697. The van der Waals surface area contributed by atoms with Crippen molar-refractivity contribution >= 4 is 23.0 Å². The Morgan fingerprint density at radius 2 is 2.28 bits per heavy atom. The van der Waals surface area contributed by atoms with Crippen LogP contribution in [0, 0.1) is 6.92 Å². The molecule has 18 heavy (non-hydrogen) atoms. The minimum Gasteiger partial charge on any atom is -0.478 e. The number of hydrogen-bond acceptors (Lipinski definition) is 4. The summed E-state index contributed by atoms with van der Waals surface area (Å²) < 4.78 is 0. The minimum absolute atomic E-state index is 0.0546. The molecule has 5 heteroatoms. The summed E-state index contributed by atoms with van der Waals surface area (Å²) in [4.78, 5) is 15.2. The van der Waals surface area contributed by atoms with Gasteiger partial charge in [-0.1, -0.05) is 6.07 Å². The van der Waals surface area contributed by atoms with Gasteiger partial charge in [0, 0.05) is 11.1 Å². The largest absolute Gasteiger partial charge is 0.478 e. The quantitative estimate of drug-likeness (QED) is 0.887. The van der Waals surface area contributed by atoms with E-state index in [-0.39, 0.29) is 11.6 Å². The second-order valence-corrected chi connectivity index (χ2v) is 4.83. The minimum atomic E-state index is -0.917. The molecule has 0 aliphatic carbocycles. The van der Waals surface area contributed by atoms with Gasteiger partial charge >= 0.3 is 5.97 Å². The van der Waals surface area contributed by atoms with Crippen LogP contribution in [0.1, 0.15) is 34.6 Å². The number of hydrogen-bond donors (Lipinski definition) is 2. The van der Waals surface area contributed by atoms with E-state index in [4.69, 9.17) is 5.11 Å². The zero-order chi connectivity index (χ0) is 13.1. The molecule has 0 amide bonds. The van der Waals surface area contributed by atoms with Gasteiger partial charge < -0.3 is 10.4 Å². The van der Waals surface area contributed by atoms with E-state index in [1.165, 1.54) is 0 Å². The highest BCUT2D eigenvalue weighted by Gasteiger charge is 2.11. The third-order valence-corrected chi connectivity index (χ3v) is 3.36. The fourth-order valence-corrected chi connectivity index (χ4v) is 2.30. The van der Waals surface area contributed by atoms with Crippen LogP contribution in [-0.4, -0.2) is 16.1 Å². The molecule has 0 aliphatic rings. The monoisotopic (exact) mass is 262 g/mol. The fourth-order valence-electron chi connectivity index (χ4n) is 1.65. The topological polar surface area (TPSA) is 62.2 Å². The summed E-state index contributed by atoms with van der Waals surface area (Å²) in [5.41, 5.74) is 4.87. The summed E-state index contributed by atoms with van der Waals surface area (Å²) >= 11 is 1.55. The Morgan fingerprint density at radius 3 is 2.89 bits per heavy atom. The van der Waals surface area contributed by atoms with Crippen LogP contribution in [0.2, 0.25) is 0 Å². The summed E-state index contributed by atoms with van der Waals surface area (Å²) in [7, 11) is 0. The first-order valence-electron chi connectivity index (χ1n) is 5.56. The molecule has 0 fully saturated rings. The van der Waals surface area contributed by atoms with Crippen molar-refractivity contribution in [3.05, 3.63) is 45.9 Å². The molecule has 1 atom stereocenters. The van der Waals surface area contributed by atoms with Crippen molar-refractivity contribution < 1.29 is 9.90 Å². The van der Waals surface area contributed by atoms with E-state index in [0.717, 1.165) is 16.9 Å². The average molecular weight is 262 g/mol. The van der Waals surface area contributed by atoms with Gasteiger partial charge in [0.05, 0.1) is 22.8 Å². The molecule has 0 radical (unpaired) electrons. The number of anilines is 1. The number of nitrogens with one attached hydrogen (secondary N) is 1. The Morgan fingerprint density at radius 1 is 1.50 bits per heavy atom. The molecule has 0 bridgehead atoms. The van der Waals surface area contributed by atoms with Gasteiger partial charge in [0.1, 0.15) is 0 Å². The fraction of sp³-hybridized carbons (Fsp3) is 0.231. The van der Waals surface area contributed by atoms with Crippen LogP contribution in [0.25, 0.3) is 0 Å². The van der Waals surface area contributed by atoms with E-state index in [1.54, 1.807) is 35.0 Å². The number of carbonyl (C=O) groups is 1. The number of thiazole rings is 1. The lowest BCUT2D eigenvalue weighted by atomic mass is 10.1. The standard InChI is InChI=1S/C13H14N2O2S/c1-8-3-4-10(13(16)17)5-11(8)15-9(2)12-6-18-7-14-12/h3-7,9,15H,1-2H3,(H,16,17). The van der Waals surface area contributed by atoms with Crippen molar-refractivity contribution in [1.29, 1.82) is 0 Å². The third kappa shape index (κ3) is 2.68. The van der Waals surface area contributed by atoms with Crippen molar-refractivity contribution in [3.8, 4) is 0 Å². The summed E-state index contributed by atoms with van der Waals surface area (Å²) in [5, 5.41) is 14.2. The number of aryl methyl sites for hydroxylation is 1. The Labute approximate surface area is 109 Å². The summed E-state index contributed by atoms with van der Waals surface area (Å²) in [6.07, 6.45) is 0. The molecule has 4 nitrogen and oxygen atoms in total. The molecular weight excluding hydrogens is 248 g/mol. The predicted octanol–water partition coefficient (Wildman–Crippen LogP) is 3.32. The molecule has 1 heterocycles. The maximum absolute atomic E-state index is 10.9. The van der Waals surface area contributed by atoms with Crippen molar-refractivity contribution in [2.45, 2.75) is 19.9 Å². The molecule has 2 rings (SSSR count). The first kappa shape index (κ1) is 12.6. The predicted molar refractivity (Wildman–Crippen MR) is 72.3 cm³/mol. The smallest absolute Gasteiger partial charge is 0.335 e. The number of nitrogens with zero attached hydrogens (tertiary/aromatic N) is 1. The van der Waals surface area contributed by atoms with Gasteiger partial charge in [-0.05, 0) is 31.5 Å². The highest BCUT2D eigenvalue weighted by Crippen LogP contribution is 2.23. The summed E-state index contributed by atoms with van der Waals surface area (Å²) in [6, 6.07) is 5.12. The van der Waals surface area contributed by atoms with Crippen LogP contribution < -0.4 is 5.32 Å².